The summed E-state index contributed by atoms with van der Waals surface area (Å²) in [6.45, 7) is 3.71. The monoisotopic (exact) mass is 445 g/mol. The molecule has 9 heteroatoms. The zero-order valence-corrected chi connectivity index (χ0v) is 17.7. The van der Waals surface area contributed by atoms with Crippen molar-refractivity contribution >= 4 is 34.0 Å². The van der Waals surface area contributed by atoms with Gasteiger partial charge < -0.3 is 4.90 Å². The van der Waals surface area contributed by atoms with Crippen molar-refractivity contribution in [3.05, 3.63) is 64.5 Å². The highest BCUT2D eigenvalue weighted by Crippen LogP contribution is 2.42. The Morgan fingerprint density at radius 2 is 1.87 bits per heavy atom. The van der Waals surface area contributed by atoms with E-state index in [4.69, 9.17) is 0 Å². The van der Waals surface area contributed by atoms with E-state index >= 15 is 0 Å². The molecule has 2 heterocycles. The van der Waals surface area contributed by atoms with Gasteiger partial charge in [0.15, 0.2) is 5.13 Å². The fraction of sp³-hybridized carbons (Fsp3) is 0.227. The summed E-state index contributed by atoms with van der Waals surface area (Å²) in [5.74, 6) is -0.884. The molecule has 0 aliphatic carbocycles. The molecule has 160 valence electrons. The number of aromatic nitrogens is 1. The van der Waals surface area contributed by atoms with E-state index in [2.05, 4.69) is 10.3 Å². The molecule has 0 spiro atoms. The fourth-order valence-corrected chi connectivity index (χ4v) is 4.40. The first-order valence-electron chi connectivity index (χ1n) is 9.36. The lowest BCUT2D eigenvalue weighted by molar-refractivity contribution is -0.137. The number of anilines is 2. The maximum Gasteiger partial charge on any atom is 0.417 e. The van der Waals surface area contributed by atoms with Crippen molar-refractivity contribution in [3.8, 4) is 11.3 Å². The minimum Gasteiger partial charge on any atom is -0.314 e. The average molecular weight is 445 g/mol. The van der Waals surface area contributed by atoms with E-state index in [1.165, 1.54) is 12.1 Å². The highest BCUT2D eigenvalue weighted by molar-refractivity contribution is 7.14. The molecule has 1 N–H and O–H groups in total. The number of alkyl halides is 3. The van der Waals surface area contributed by atoms with Crippen LogP contribution >= 0.6 is 11.3 Å². The van der Waals surface area contributed by atoms with Crippen molar-refractivity contribution in [2.45, 2.75) is 25.4 Å². The van der Waals surface area contributed by atoms with E-state index in [1.54, 1.807) is 17.3 Å². The van der Waals surface area contributed by atoms with E-state index in [0.717, 1.165) is 40.3 Å². The largest absolute Gasteiger partial charge is 0.417 e. The van der Waals surface area contributed by atoms with Gasteiger partial charge in [-0.05, 0) is 43.7 Å². The lowest BCUT2D eigenvalue weighted by atomic mass is 9.85. The number of thiazole rings is 1. The number of hydrogen-bond donors (Lipinski definition) is 1. The molecule has 0 radical (unpaired) electrons. The number of nitrogens with one attached hydrogen (secondary N) is 1. The third-order valence-electron chi connectivity index (χ3n) is 5.37. The molecule has 2 aromatic carbocycles. The molecule has 5 nitrogen and oxygen atoms in total. The van der Waals surface area contributed by atoms with Gasteiger partial charge in [0.25, 0.3) is 5.91 Å². The SMILES string of the molecule is CN1C(=O)C(C)(C)c2cc(-c3csc(NC(=O)c4ccccc4C(F)(F)F)n3)ccc21. The van der Waals surface area contributed by atoms with Crippen LogP contribution in [0.25, 0.3) is 11.3 Å². The van der Waals surface area contributed by atoms with Crippen LogP contribution in [-0.2, 0) is 16.4 Å². The van der Waals surface area contributed by atoms with Crippen molar-refractivity contribution in [1.82, 2.24) is 4.98 Å². The molecule has 2 amide bonds. The predicted octanol–water partition coefficient (Wildman–Crippen LogP) is 5.34. The normalized spacial score (nSPS) is 15.2. The van der Waals surface area contributed by atoms with Crippen LogP contribution in [0, 0.1) is 0 Å². The Morgan fingerprint density at radius 1 is 1.16 bits per heavy atom. The molecule has 1 aliphatic heterocycles. The molecule has 0 fully saturated rings. The molecule has 3 aromatic rings. The van der Waals surface area contributed by atoms with Crippen LogP contribution in [0.2, 0.25) is 0 Å². The van der Waals surface area contributed by atoms with Gasteiger partial charge in [0.2, 0.25) is 5.91 Å². The highest BCUT2D eigenvalue weighted by Gasteiger charge is 2.42. The van der Waals surface area contributed by atoms with Crippen LogP contribution in [0.3, 0.4) is 0 Å². The third kappa shape index (κ3) is 3.59. The number of carbonyl (C=O) groups excluding carboxylic acids is 2. The Kier molecular flexibility index (Phi) is 4.88. The lowest BCUT2D eigenvalue weighted by Crippen LogP contribution is -2.33. The van der Waals surface area contributed by atoms with Gasteiger partial charge in [-0.1, -0.05) is 18.2 Å². The fourth-order valence-electron chi connectivity index (χ4n) is 3.69. The molecular weight excluding hydrogens is 427 g/mol. The van der Waals surface area contributed by atoms with Gasteiger partial charge >= 0.3 is 6.18 Å². The second-order valence-electron chi connectivity index (χ2n) is 7.76. The van der Waals surface area contributed by atoms with Crippen molar-refractivity contribution in [2.24, 2.45) is 0 Å². The molecule has 0 saturated carbocycles. The van der Waals surface area contributed by atoms with Crippen molar-refractivity contribution < 1.29 is 22.8 Å². The molecule has 31 heavy (non-hydrogen) atoms. The molecule has 4 rings (SSSR count). The summed E-state index contributed by atoms with van der Waals surface area (Å²) in [5.41, 5.74) is 0.870. The van der Waals surface area contributed by atoms with E-state index in [9.17, 15) is 22.8 Å². The van der Waals surface area contributed by atoms with Crippen molar-refractivity contribution in [2.75, 3.05) is 17.3 Å². The number of fused-ring (bicyclic) bond motifs is 1. The van der Waals surface area contributed by atoms with Gasteiger partial charge in [-0.25, -0.2) is 4.98 Å². The van der Waals surface area contributed by atoms with Gasteiger partial charge in [0.1, 0.15) is 0 Å². The van der Waals surface area contributed by atoms with Gasteiger partial charge in [-0.15, -0.1) is 11.3 Å². The van der Waals surface area contributed by atoms with Crippen molar-refractivity contribution in [1.29, 1.82) is 0 Å². The Labute approximate surface area is 180 Å². The molecule has 0 saturated heterocycles. The first kappa shape index (κ1) is 21.0. The first-order chi connectivity index (χ1) is 14.5. The second kappa shape index (κ2) is 7.19. The predicted molar refractivity (Wildman–Crippen MR) is 113 cm³/mol. The second-order valence-corrected chi connectivity index (χ2v) is 8.61. The van der Waals surface area contributed by atoms with Gasteiger partial charge in [0, 0.05) is 23.7 Å². The number of likely N-dealkylation sites (N-methyl/N-ethyl adjacent to an activating group) is 1. The number of carbonyl (C=O) groups is 2. The van der Waals surface area contributed by atoms with Crippen LogP contribution in [-0.4, -0.2) is 23.8 Å². The van der Waals surface area contributed by atoms with Crippen LogP contribution in [0.5, 0.6) is 0 Å². The summed E-state index contributed by atoms with van der Waals surface area (Å²) in [6.07, 6.45) is -4.64. The van der Waals surface area contributed by atoms with Crippen LogP contribution in [0.15, 0.2) is 47.8 Å². The molecule has 1 aromatic heterocycles. The Morgan fingerprint density at radius 3 is 2.58 bits per heavy atom. The summed E-state index contributed by atoms with van der Waals surface area (Å²) in [5, 5.41) is 4.34. The van der Waals surface area contributed by atoms with Gasteiger partial charge in [0.05, 0.1) is 22.2 Å². The minimum atomic E-state index is -4.64. The molecular formula is C22H18F3N3O2S. The van der Waals surface area contributed by atoms with E-state index in [-0.39, 0.29) is 11.0 Å². The molecule has 0 bridgehead atoms. The molecule has 0 atom stereocenters. The summed E-state index contributed by atoms with van der Waals surface area (Å²) in [4.78, 5) is 30.9. The molecule has 0 unspecified atom stereocenters. The highest BCUT2D eigenvalue weighted by atomic mass is 32.1. The number of nitrogens with zero attached hydrogens (tertiary/aromatic N) is 2. The summed E-state index contributed by atoms with van der Waals surface area (Å²) in [7, 11) is 1.73. The Balaban J connectivity index is 1.61. The van der Waals surface area contributed by atoms with Crippen LogP contribution < -0.4 is 10.2 Å². The number of halogens is 3. The summed E-state index contributed by atoms with van der Waals surface area (Å²) >= 11 is 1.11. The zero-order valence-electron chi connectivity index (χ0n) is 16.9. The minimum absolute atomic E-state index is 0.00536. The zero-order chi connectivity index (χ0) is 22.6. The number of benzene rings is 2. The average Bonchev–Trinajstić information content (AvgIpc) is 3.25. The van der Waals surface area contributed by atoms with E-state index in [1.807, 2.05) is 32.0 Å². The van der Waals surface area contributed by atoms with E-state index < -0.39 is 28.6 Å². The molecule has 1 aliphatic rings. The van der Waals surface area contributed by atoms with E-state index in [0.29, 0.717) is 5.69 Å². The van der Waals surface area contributed by atoms with Crippen molar-refractivity contribution in [3.63, 3.8) is 0 Å². The Bertz CT molecular complexity index is 1200. The van der Waals surface area contributed by atoms with Gasteiger partial charge in [-0.3, -0.25) is 14.9 Å². The number of amides is 2. The number of hydrogen-bond acceptors (Lipinski definition) is 4. The first-order valence-corrected chi connectivity index (χ1v) is 10.2. The smallest absolute Gasteiger partial charge is 0.314 e. The summed E-state index contributed by atoms with van der Waals surface area (Å²) < 4.78 is 39.5. The maximum atomic E-state index is 13.2. The van der Waals surface area contributed by atoms with Gasteiger partial charge in [-0.2, -0.15) is 13.2 Å². The van der Waals surface area contributed by atoms with Crippen LogP contribution in [0.4, 0.5) is 24.0 Å². The quantitative estimate of drug-likeness (QED) is 0.592. The summed E-state index contributed by atoms with van der Waals surface area (Å²) in [6, 6.07) is 10.2. The standard InChI is InChI=1S/C22H18F3N3O2S/c1-21(2)15-10-12(8-9-17(15)28(3)19(21)30)16-11-31-20(26-16)27-18(29)13-6-4-5-7-14(13)22(23,24)25/h4-11H,1-3H3,(H,26,27,29). The van der Waals surface area contributed by atoms with Crippen LogP contribution in [0.1, 0.15) is 35.3 Å². The topological polar surface area (TPSA) is 62.3 Å². The Hall–Kier alpha value is -3.20. The maximum absolute atomic E-state index is 13.2. The third-order valence-corrected chi connectivity index (χ3v) is 6.13. The number of rotatable bonds is 3. The lowest BCUT2D eigenvalue weighted by Gasteiger charge is -2.16.